The van der Waals surface area contributed by atoms with E-state index in [2.05, 4.69) is 31.7 Å². The van der Waals surface area contributed by atoms with Crippen LogP contribution >= 0.6 is 0 Å². The molecule has 0 fully saturated rings. The van der Waals surface area contributed by atoms with E-state index >= 15 is 0 Å². The number of hydrogen-bond donors (Lipinski definition) is 0. The Bertz CT molecular complexity index is 327. The number of unbranched alkanes of at least 4 members (excludes halogenated alkanes) is 23. The predicted octanol–water partition coefficient (Wildman–Crippen LogP) is 11.5. The van der Waals surface area contributed by atoms with Gasteiger partial charge in [-0.3, -0.25) is 0 Å². The third kappa shape index (κ3) is 27.5. The normalized spacial score (nSPS) is 11.5. The first-order chi connectivity index (χ1) is 14.9. The summed E-state index contributed by atoms with van der Waals surface area (Å²) in [6, 6.07) is 0. The minimum absolute atomic E-state index is 1.21. The van der Waals surface area contributed by atoms with E-state index in [0.29, 0.717) is 0 Å². The highest BCUT2D eigenvalue weighted by molar-refractivity contribution is 4.81. The van der Waals surface area contributed by atoms with Crippen molar-refractivity contribution < 1.29 is 0 Å². The van der Waals surface area contributed by atoms with Crippen LogP contribution < -0.4 is 0 Å². The minimum atomic E-state index is 1.21. The fourth-order valence-corrected chi connectivity index (χ4v) is 4.30. The molecule has 0 aromatic heterocycles. The Morgan fingerprint density at radius 3 is 0.933 bits per heavy atom. The van der Waals surface area contributed by atoms with Crippen LogP contribution in [0.15, 0.2) is 24.8 Å². The molecule has 0 radical (unpaired) electrons. The van der Waals surface area contributed by atoms with Crippen molar-refractivity contribution in [3.05, 3.63) is 24.8 Å². The average Bonchev–Trinajstić information content (AvgIpc) is 2.76. The van der Waals surface area contributed by atoms with E-state index in [1.807, 2.05) is 0 Å². The third-order valence-electron chi connectivity index (χ3n) is 6.42. The van der Waals surface area contributed by atoms with Gasteiger partial charge in [-0.1, -0.05) is 147 Å². The summed E-state index contributed by atoms with van der Waals surface area (Å²) in [5.74, 6) is 0. The number of rotatable bonds is 26. The van der Waals surface area contributed by atoms with Crippen molar-refractivity contribution in [3.63, 3.8) is 0 Å². The molecule has 0 aliphatic carbocycles. The molecule has 0 rings (SSSR count). The van der Waals surface area contributed by atoms with Crippen molar-refractivity contribution in [1.29, 1.82) is 0 Å². The van der Waals surface area contributed by atoms with Crippen molar-refractivity contribution in [2.75, 3.05) is 0 Å². The lowest BCUT2D eigenvalue weighted by Gasteiger charge is -2.03. The van der Waals surface area contributed by atoms with Gasteiger partial charge < -0.3 is 0 Å². The van der Waals surface area contributed by atoms with Gasteiger partial charge in [-0.15, -0.1) is 6.58 Å². The Balaban J connectivity index is 3.04. The highest BCUT2D eigenvalue weighted by atomic mass is 14.0. The Kier molecular flexibility index (Phi) is 28.0. The lowest BCUT2D eigenvalue weighted by Crippen LogP contribution is -1.83. The van der Waals surface area contributed by atoms with Crippen molar-refractivity contribution in [3.8, 4) is 0 Å². The van der Waals surface area contributed by atoms with Gasteiger partial charge in [0, 0.05) is 0 Å². The zero-order valence-corrected chi connectivity index (χ0v) is 21.1. The highest BCUT2D eigenvalue weighted by Gasteiger charge is 1.95. The van der Waals surface area contributed by atoms with Crippen LogP contribution in [-0.4, -0.2) is 0 Å². The van der Waals surface area contributed by atoms with E-state index in [-0.39, 0.29) is 0 Å². The van der Waals surface area contributed by atoms with Crippen LogP contribution in [0.4, 0.5) is 0 Å². The molecule has 0 aliphatic heterocycles. The van der Waals surface area contributed by atoms with Crippen LogP contribution in [0, 0.1) is 0 Å². The average molecular weight is 419 g/mol. The van der Waals surface area contributed by atoms with Gasteiger partial charge in [0.2, 0.25) is 0 Å². The molecule has 0 bridgehead atoms. The van der Waals surface area contributed by atoms with E-state index in [4.69, 9.17) is 0 Å². The standard InChI is InChI=1S/C30H58/c1-3-5-7-9-11-13-15-17-19-21-23-25-27-29-30-28-26-24-22-20-18-16-14-12-10-8-6-4-2/h3,18,20H,1,4-17,19,21-30H2,2H3. The molecule has 0 saturated carbocycles. The van der Waals surface area contributed by atoms with Gasteiger partial charge in [0.05, 0.1) is 0 Å². The molecule has 30 heavy (non-hydrogen) atoms. The van der Waals surface area contributed by atoms with Crippen molar-refractivity contribution in [2.24, 2.45) is 0 Å². The maximum absolute atomic E-state index is 3.79. The lowest BCUT2D eigenvalue weighted by molar-refractivity contribution is 0.528. The van der Waals surface area contributed by atoms with E-state index in [1.165, 1.54) is 161 Å². The maximum atomic E-state index is 3.79. The van der Waals surface area contributed by atoms with Gasteiger partial charge in [0.1, 0.15) is 0 Å². The van der Waals surface area contributed by atoms with Crippen LogP contribution in [0.3, 0.4) is 0 Å². The molecule has 0 atom stereocenters. The molecule has 0 heterocycles. The van der Waals surface area contributed by atoms with E-state index in [1.54, 1.807) is 0 Å². The van der Waals surface area contributed by atoms with Crippen LogP contribution in [0.5, 0.6) is 0 Å². The monoisotopic (exact) mass is 418 g/mol. The molecule has 178 valence electrons. The summed E-state index contributed by atoms with van der Waals surface area (Å²) in [7, 11) is 0. The molecule has 0 nitrogen and oxygen atoms in total. The topological polar surface area (TPSA) is 0 Å². The Morgan fingerprint density at radius 2 is 0.633 bits per heavy atom. The summed E-state index contributed by atoms with van der Waals surface area (Å²) >= 11 is 0. The van der Waals surface area contributed by atoms with Crippen LogP contribution in [0.2, 0.25) is 0 Å². The van der Waals surface area contributed by atoms with E-state index in [0.717, 1.165) is 0 Å². The summed E-state index contributed by atoms with van der Waals surface area (Å²) in [6.07, 6.45) is 42.4. The summed E-state index contributed by atoms with van der Waals surface area (Å²) in [5, 5.41) is 0. The molecule has 0 aromatic carbocycles. The van der Waals surface area contributed by atoms with Gasteiger partial charge in [0.25, 0.3) is 0 Å². The first kappa shape index (κ1) is 29.5. The van der Waals surface area contributed by atoms with Gasteiger partial charge in [-0.2, -0.15) is 0 Å². The molecule has 0 amide bonds. The van der Waals surface area contributed by atoms with Crippen molar-refractivity contribution in [1.82, 2.24) is 0 Å². The first-order valence-electron chi connectivity index (χ1n) is 14.2. The smallest absolute Gasteiger partial charge is 0.0351 e. The maximum Gasteiger partial charge on any atom is -0.0351 e. The molecular weight excluding hydrogens is 360 g/mol. The molecule has 0 saturated heterocycles. The predicted molar refractivity (Wildman–Crippen MR) is 140 cm³/mol. The van der Waals surface area contributed by atoms with Gasteiger partial charge in [-0.25, -0.2) is 0 Å². The van der Waals surface area contributed by atoms with Gasteiger partial charge >= 0.3 is 0 Å². The molecule has 0 spiro atoms. The van der Waals surface area contributed by atoms with Crippen molar-refractivity contribution in [2.45, 2.75) is 167 Å². The Hall–Kier alpha value is -0.520. The molecular formula is C30H58. The zero-order chi connectivity index (χ0) is 21.8. The van der Waals surface area contributed by atoms with Gasteiger partial charge in [-0.05, 0) is 38.5 Å². The summed E-state index contributed by atoms with van der Waals surface area (Å²) in [5.41, 5.74) is 0. The molecule has 0 aliphatic rings. The van der Waals surface area contributed by atoms with E-state index in [9.17, 15) is 0 Å². The molecule has 0 N–H and O–H groups in total. The highest BCUT2D eigenvalue weighted by Crippen LogP contribution is 2.14. The van der Waals surface area contributed by atoms with E-state index < -0.39 is 0 Å². The van der Waals surface area contributed by atoms with Crippen molar-refractivity contribution >= 4 is 0 Å². The number of hydrogen-bond acceptors (Lipinski definition) is 0. The first-order valence-corrected chi connectivity index (χ1v) is 14.2. The molecule has 0 aromatic rings. The molecule has 0 unspecified atom stereocenters. The second-order valence-corrected chi connectivity index (χ2v) is 9.55. The summed E-state index contributed by atoms with van der Waals surface area (Å²) < 4.78 is 0. The van der Waals surface area contributed by atoms with Gasteiger partial charge in [0.15, 0.2) is 0 Å². The SMILES string of the molecule is C=CCCCCCCCCCCCCCCCCCCC=CCCCCCCCC. The minimum Gasteiger partial charge on any atom is -0.103 e. The Labute approximate surface area is 192 Å². The molecule has 0 heteroatoms. The second kappa shape index (κ2) is 28.5. The quantitative estimate of drug-likeness (QED) is 0.0967. The fourth-order valence-electron chi connectivity index (χ4n) is 4.30. The largest absolute Gasteiger partial charge is 0.103 e. The number of allylic oxidation sites excluding steroid dienone is 3. The summed E-state index contributed by atoms with van der Waals surface area (Å²) in [4.78, 5) is 0. The third-order valence-corrected chi connectivity index (χ3v) is 6.42. The lowest BCUT2D eigenvalue weighted by atomic mass is 10.0. The second-order valence-electron chi connectivity index (χ2n) is 9.55. The van der Waals surface area contributed by atoms with Crippen LogP contribution in [-0.2, 0) is 0 Å². The van der Waals surface area contributed by atoms with Crippen LogP contribution in [0.1, 0.15) is 167 Å². The van der Waals surface area contributed by atoms with Crippen LogP contribution in [0.25, 0.3) is 0 Å². The Morgan fingerprint density at radius 1 is 0.367 bits per heavy atom. The zero-order valence-electron chi connectivity index (χ0n) is 21.1. The summed E-state index contributed by atoms with van der Waals surface area (Å²) in [6.45, 7) is 6.08. The fraction of sp³-hybridized carbons (Fsp3) is 0.867.